The number of benzene rings is 1. The zero-order valence-corrected chi connectivity index (χ0v) is 15.8. The van der Waals surface area contributed by atoms with E-state index in [0.29, 0.717) is 0 Å². The Balaban J connectivity index is 3.17. The maximum Gasteiger partial charge on any atom is 0.269 e. The van der Waals surface area contributed by atoms with Gasteiger partial charge in [-0.1, -0.05) is 27.4 Å². The second kappa shape index (κ2) is 6.30. The quantitative estimate of drug-likeness (QED) is 0.341. The molecule has 1 aromatic rings. The lowest BCUT2D eigenvalue weighted by molar-refractivity contribution is -0.384. The highest BCUT2D eigenvalue weighted by Gasteiger charge is 2.21. The van der Waals surface area contributed by atoms with Crippen LogP contribution in [-0.4, -0.2) is 26.5 Å². The molecule has 0 amide bonds. The minimum atomic E-state index is -1.69. The molecule has 110 valence electrons. The van der Waals surface area contributed by atoms with Crippen molar-refractivity contribution in [1.29, 1.82) is 0 Å². The number of hydrogen-bond acceptors (Lipinski definition) is 3. The molecule has 0 heterocycles. The molecule has 0 saturated heterocycles. The van der Waals surface area contributed by atoms with Gasteiger partial charge in [-0.2, -0.15) is 0 Å². The van der Waals surface area contributed by atoms with Gasteiger partial charge in [0.1, 0.15) is 7.74 Å². The second-order valence-electron chi connectivity index (χ2n) is 6.61. The molecule has 0 unspecified atom stereocenters. The van der Waals surface area contributed by atoms with Crippen LogP contribution in [0.25, 0.3) is 0 Å². The fraction of sp³-hybridized carbons (Fsp3) is 0.462. The van der Waals surface area contributed by atoms with Gasteiger partial charge < -0.3 is 4.43 Å². The molecule has 0 aromatic heterocycles. The van der Waals surface area contributed by atoms with E-state index in [1.807, 2.05) is 0 Å². The summed E-state index contributed by atoms with van der Waals surface area (Å²) in [6.07, 6.45) is 0. The predicted molar refractivity (Wildman–Crippen MR) is 91.9 cm³/mol. The van der Waals surface area contributed by atoms with E-state index < -0.39 is 16.1 Å². The van der Waals surface area contributed by atoms with Gasteiger partial charge in [-0.15, -0.1) is 0 Å². The summed E-state index contributed by atoms with van der Waals surface area (Å²) in [6, 6.07) is 6.67. The van der Waals surface area contributed by atoms with Gasteiger partial charge in [0.2, 0.25) is 0 Å². The normalized spacial score (nSPS) is 13.4. The van der Waals surface area contributed by atoms with Crippen LogP contribution >= 0.6 is 7.75 Å². The molecule has 0 aliphatic rings. The van der Waals surface area contributed by atoms with E-state index in [1.165, 1.54) is 7.75 Å². The fourth-order valence-electron chi connectivity index (χ4n) is 1.47. The molecule has 7 heteroatoms. The highest BCUT2D eigenvalue weighted by Crippen LogP contribution is 2.26. The Morgan fingerprint density at radius 2 is 1.60 bits per heavy atom. The number of hydrogen-bond donors (Lipinski definition) is 0. The number of rotatable bonds is 5. The van der Waals surface area contributed by atoms with Gasteiger partial charge in [0.15, 0.2) is 8.32 Å². The third kappa shape index (κ3) is 6.09. The van der Waals surface area contributed by atoms with Gasteiger partial charge in [-0.3, -0.25) is 10.1 Å². The van der Waals surface area contributed by atoms with Gasteiger partial charge in [0, 0.05) is 17.7 Å². The summed E-state index contributed by atoms with van der Waals surface area (Å²) in [4.78, 5) is 10.3. The Morgan fingerprint density at radius 3 is 1.95 bits per heavy atom. The van der Waals surface area contributed by atoms with Crippen LogP contribution in [0.2, 0.25) is 39.3 Å². The number of nitrogens with zero attached hydrogens (tertiary/aromatic N) is 1. The molecule has 0 bridgehead atoms. The van der Waals surface area contributed by atoms with Crippen LogP contribution in [0.15, 0.2) is 24.3 Å². The Kier molecular flexibility index (Phi) is 5.43. The van der Waals surface area contributed by atoms with Gasteiger partial charge in [-0.25, -0.2) is 0 Å². The third-order valence-electron chi connectivity index (χ3n) is 2.16. The lowest BCUT2D eigenvalue weighted by atomic mass is 10.2. The van der Waals surface area contributed by atoms with E-state index >= 15 is 0 Å². The van der Waals surface area contributed by atoms with Crippen molar-refractivity contribution in [3.8, 4) is 0 Å². The summed E-state index contributed by atoms with van der Waals surface area (Å²) in [6.45, 7) is 13.3. The molecular weight excluding hydrogens is 305 g/mol. The summed E-state index contributed by atoms with van der Waals surface area (Å²) in [7, 11) is -1.80. The summed E-state index contributed by atoms with van der Waals surface area (Å²) >= 11 is 0. The fourth-order valence-corrected chi connectivity index (χ4v) is 6.68. The van der Waals surface area contributed by atoms with Crippen LogP contribution < -0.4 is 0 Å². The number of nitro groups is 1. The molecule has 1 aromatic carbocycles. The van der Waals surface area contributed by atoms with Crippen molar-refractivity contribution in [3.05, 3.63) is 39.9 Å². The first-order valence-corrected chi connectivity index (χ1v) is 15.2. The van der Waals surface area contributed by atoms with Crippen molar-refractivity contribution in [2.75, 3.05) is 0 Å². The first-order valence-electron chi connectivity index (χ1n) is 6.52. The first kappa shape index (κ1) is 17.2. The zero-order valence-electron chi connectivity index (χ0n) is 12.9. The smallest absolute Gasteiger partial charge is 0.269 e. The monoisotopic (exact) mass is 327 g/mol. The van der Waals surface area contributed by atoms with Crippen LogP contribution in [0.4, 0.5) is 5.69 Å². The summed E-state index contributed by atoms with van der Waals surface area (Å²) in [5.74, 6) is 0. The minimum Gasteiger partial charge on any atom is -0.382 e. The molecular formula is C13H22NO3PSi2. The van der Waals surface area contributed by atoms with E-state index in [0.717, 1.165) is 11.0 Å². The summed E-state index contributed by atoms with van der Waals surface area (Å²) < 4.78 is 6.21. The van der Waals surface area contributed by atoms with Crippen molar-refractivity contribution < 1.29 is 9.35 Å². The maximum atomic E-state index is 10.7. The second-order valence-corrected chi connectivity index (χ2v) is 20.7. The lowest BCUT2D eigenvalue weighted by Crippen LogP contribution is -2.30. The van der Waals surface area contributed by atoms with Gasteiger partial charge >= 0.3 is 0 Å². The van der Waals surface area contributed by atoms with E-state index in [9.17, 15) is 10.1 Å². The predicted octanol–water partition coefficient (Wildman–Crippen LogP) is 4.71. The number of nitro benzene ring substituents is 1. The van der Waals surface area contributed by atoms with E-state index in [-0.39, 0.29) is 10.6 Å². The highest BCUT2D eigenvalue weighted by molar-refractivity contribution is 7.81. The Morgan fingerprint density at radius 1 is 1.10 bits per heavy atom. The molecule has 0 N–H and O–H groups in total. The van der Waals surface area contributed by atoms with Crippen molar-refractivity contribution >= 4 is 35.0 Å². The Labute approximate surface area is 124 Å². The van der Waals surface area contributed by atoms with Crippen LogP contribution in [-0.2, 0) is 4.43 Å². The average molecular weight is 327 g/mol. The highest BCUT2D eigenvalue weighted by atomic mass is 31.3. The van der Waals surface area contributed by atoms with Crippen molar-refractivity contribution in [1.82, 2.24) is 0 Å². The largest absolute Gasteiger partial charge is 0.382 e. The molecule has 4 nitrogen and oxygen atoms in total. The standard InChI is InChI=1S/C13H22NO3PSi2/c1-19(2,3)17-13(18-20(4,5)6)11-7-9-12(10-8-11)14(15)16/h7-10H,1-6H3. The van der Waals surface area contributed by atoms with Crippen LogP contribution in [0.1, 0.15) is 5.56 Å². The molecule has 0 atom stereocenters. The zero-order chi connectivity index (χ0) is 15.6. The Bertz CT molecular complexity index is 516. The van der Waals surface area contributed by atoms with Gasteiger partial charge in [0.25, 0.3) is 5.69 Å². The lowest BCUT2D eigenvalue weighted by Gasteiger charge is -2.22. The van der Waals surface area contributed by atoms with E-state index in [1.54, 1.807) is 24.3 Å². The van der Waals surface area contributed by atoms with Gasteiger partial charge in [0.05, 0.1) is 10.4 Å². The van der Waals surface area contributed by atoms with Crippen molar-refractivity contribution in [2.45, 2.75) is 39.3 Å². The average Bonchev–Trinajstić information content (AvgIpc) is 2.24. The maximum absolute atomic E-state index is 10.7. The topological polar surface area (TPSA) is 52.4 Å². The molecule has 1 rings (SSSR count). The third-order valence-corrected chi connectivity index (χ3v) is 7.00. The molecule has 0 fully saturated rings. The SMILES string of the molecule is C[Si](C)(C)OC(=P[Si](C)(C)C)c1ccc([N+](=O)[O-])cc1. The van der Waals surface area contributed by atoms with E-state index in [2.05, 4.69) is 39.3 Å². The van der Waals surface area contributed by atoms with Crippen LogP contribution in [0, 0.1) is 10.1 Å². The molecule has 20 heavy (non-hydrogen) atoms. The molecule has 0 saturated carbocycles. The number of non-ortho nitro benzene ring substituents is 1. The first-order chi connectivity index (χ1) is 8.98. The Hall–Kier alpha value is -0.816. The van der Waals surface area contributed by atoms with Crippen molar-refractivity contribution in [2.24, 2.45) is 0 Å². The molecule has 0 spiro atoms. The summed E-state index contributed by atoms with van der Waals surface area (Å²) in [5.41, 5.74) is 2.05. The minimum absolute atomic E-state index is 0.116. The molecule has 0 aliphatic carbocycles. The van der Waals surface area contributed by atoms with Crippen LogP contribution in [0.5, 0.6) is 0 Å². The van der Waals surface area contributed by atoms with Crippen molar-refractivity contribution in [3.63, 3.8) is 0 Å². The van der Waals surface area contributed by atoms with Gasteiger partial charge in [-0.05, 0) is 31.8 Å². The molecule has 0 radical (unpaired) electrons. The van der Waals surface area contributed by atoms with E-state index in [4.69, 9.17) is 4.43 Å². The summed E-state index contributed by atoms with van der Waals surface area (Å²) in [5, 5.41) is 10.7. The molecule has 0 aliphatic heterocycles. The van der Waals surface area contributed by atoms with Crippen LogP contribution in [0.3, 0.4) is 0 Å².